The van der Waals surface area contributed by atoms with Crippen LogP contribution >= 0.6 is 0 Å². The van der Waals surface area contributed by atoms with Crippen LogP contribution in [0.25, 0.3) is 0 Å². The van der Waals surface area contributed by atoms with Gasteiger partial charge in [0.25, 0.3) is 0 Å². The topological polar surface area (TPSA) is 116 Å². The second kappa shape index (κ2) is 15.2. The Morgan fingerprint density at radius 3 is 2.34 bits per heavy atom. The van der Waals surface area contributed by atoms with Gasteiger partial charge in [-0.05, 0) is 87.2 Å². The average molecular weight is 626 g/mol. The van der Waals surface area contributed by atoms with Gasteiger partial charge in [0, 0.05) is 44.6 Å². The Kier molecular flexibility index (Phi) is 12.7. The van der Waals surface area contributed by atoms with Gasteiger partial charge in [-0.25, -0.2) is 4.79 Å². The molecule has 2 heterocycles. The Morgan fingerprint density at radius 2 is 1.77 bits per heavy atom. The number of Topliss-reactive ketones (excluding diaryl/α,β-unsaturated/α-hetero) is 1. The minimum absolute atomic E-state index is 0.0212. The molecule has 11 nitrogen and oxygen atoms in total. The molecule has 0 aromatic carbocycles. The predicted octanol–water partition coefficient (Wildman–Crippen LogP) is 4.01. The Balaban J connectivity index is 1.98. The van der Waals surface area contributed by atoms with Crippen molar-refractivity contribution in [2.75, 3.05) is 40.9 Å². The second-order valence-corrected chi connectivity index (χ2v) is 14.9. The van der Waals surface area contributed by atoms with Gasteiger partial charge in [-0.15, -0.1) is 0 Å². The number of hydrogen-bond acceptors (Lipinski definition) is 10. The van der Waals surface area contributed by atoms with Crippen molar-refractivity contribution in [3.63, 3.8) is 0 Å². The van der Waals surface area contributed by atoms with Gasteiger partial charge in [-0.1, -0.05) is 13.8 Å². The lowest BCUT2D eigenvalue weighted by Crippen LogP contribution is -2.55. The van der Waals surface area contributed by atoms with Crippen molar-refractivity contribution in [3.05, 3.63) is 0 Å². The molecule has 0 bridgehead atoms. The molecule has 3 unspecified atom stereocenters. The van der Waals surface area contributed by atoms with E-state index in [1.54, 1.807) is 25.9 Å². The molecule has 2 saturated heterocycles. The molecule has 3 fully saturated rings. The van der Waals surface area contributed by atoms with E-state index in [1.807, 2.05) is 48.7 Å². The largest absolute Gasteiger partial charge is 0.463 e. The summed E-state index contributed by atoms with van der Waals surface area (Å²) in [6.07, 6.45) is 2.39. The zero-order valence-corrected chi connectivity index (χ0v) is 29.0. The van der Waals surface area contributed by atoms with E-state index in [-0.39, 0.29) is 30.5 Å². The van der Waals surface area contributed by atoms with Crippen molar-refractivity contribution in [1.82, 2.24) is 15.1 Å². The number of ether oxygens (including phenoxy) is 5. The van der Waals surface area contributed by atoms with Crippen LogP contribution < -0.4 is 5.32 Å². The highest BCUT2D eigenvalue weighted by molar-refractivity contribution is 6.00. The minimum Gasteiger partial charge on any atom is -0.463 e. The van der Waals surface area contributed by atoms with Crippen molar-refractivity contribution in [1.29, 1.82) is 0 Å². The lowest BCUT2D eigenvalue weighted by molar-refractivity contribution is -0.262. The van der Waals surface area contributed by atoms with Crippen molar-refractivity contribution < 1.29 is 38.1 Å². The van der Waals surface area contributed by atoms with Gasteiger partial charge >= 0.3 is 12.1 Å². The number of nitrogens with zero attached hydrogens (tertiary/aromatic N) is 2. The number of cyclic esters (lactones) is 1. The number of amides is 1. The molecule has 2 aliphatic heterocycles. The fourth-order valence-corrected chi connectivity index (χ4v) is 6.45. The van der Waals surface area contributed by atoms with Crippen molar-refractivity contribution in [2.45, 2.75) is 135 Å². The molecule has 0 radical (unpaired) electrons. The maximum atomic E-state index is 13.9. The van der Waals surface area contributed by atoms with Crippen LogP contribution in [0.1, 0.15) is 87.5 Å². The molecule has 1 amide bonds. The van der Waals surface area contributed by atoms with Crippen LogP contribution in [0, 0.1) is 17.8 Å². The Morgan fingerprint density at radius 1 is 1.11 bits per heavy atom. The van der Waals surface area contributed by atoms with E-state index in [2.05, 4.69) is 17.1 Å². The van der Waals surface area contributed by atoms with E-state index in [4.69, 9.17) is 23.7 Å². The van der Waals surface area contributed by atoms with Crippen LogP contribution in [-0.2, 0) is 33.3 Å². The van der Waals surface area contributed by atoms with Crippen LogP contribution in [0.15, 0.2) is 0 Å². The standard InChI is InChI=1S/C33H59N3O8/c1-20-16-33(8,40-11)29(43-27-15-25(35(9)10)14-21(2)42-27)22(3)28(37)23(4)30(38)41-19-26(17-34-24-12-13-24)36(18-20)31(39)44-32(5,6)7/h20-27,29,34H,12-19H2,1-11H3/t20-,21?,22+,23?,25-,26-,27?,29-,33-/m1/s1. The van der Waals surface area contributed by atoms with Crippen LogP contribution in [0.5, 0.6) is 0 Å². The summed E-state index contributed by atoms with van der Waals surface area (Å²) >= 11 is 0. The highest BCUT2D eigenvalue weighted by Crippen LogP contribution is 2.36. The summed E-state index contributed by atoms with van der Waals surface area (Å²) in [5.74, 6) is -2.70. The molecule has 1 aliphatic carbocycles. The van der Waals surface area contributed by atoms with Gasteiger partial charge in [0.15, 0.2) is 12.1 Å². The number of ketones is 1. The van der Waals surface area contributed by atoms with Gasteiger partial charge in [-0.2, -0.15) is 0 Å². The van der Waals surface area contributed by atoms with Gasteiger partial charge in [-0.3, -0.25) is 9.59 Å². The minimum atomic E-state index is -1.02. The summed E-state index contributed by atoms with van der Waals surface area (Å²) in [7, 11) is 5.71. The molecule has 44 heavy (non-hydrogen) atoms. The molecule has 1 saturated carbocycles. The van der Waals surface area contributed by atoms with Crippen LogP contribution in [0.4, 0.5) is 4.79 Å². The summed E-state index contributed by atoms with van der Waals surface area (Å²) in [4.78, 5) is 44.7. The Labute approximate surface area is 265 Å². The molecule has 3 aliphatic rings. The first-order valence-corrected chi connectivity index (χ1v) is 16.4. The molecule has 0 spiro atoms. The molecular weight excluding hydrogens is 566 g/mol. The van der Waals surface area contributed by atoms with E-state index in [1.165, 1.54) is 0 Å². The highest BCUT2D eigenvalue weighted by atomic mass is 16.7. The van der Waals surface area contributed by atoms with Gasteiger partial charge < -0.3 is 38.8 Å². The predicted molar refractivity (Wildman–Crippen MR) is 167 cm³/mol. The SMILES string of the molecule is CO[C@]1(C)C[C@@H](C)CN(C(=O)OC(C)(C)C)[C@H](CNC2CC2)COC(=O)C(C)C(=O)[C@H](C)[C@H]1OC1C[C@H](N(C)C)CC(C)O1. The molecular formula is C33H59N3O8. The maximum Gasteiger partial charge on any atom is 0.410 e. The summed E-state index contributed by atoms with van der Waals surface area (Å²) in [6, 6.07) is 0.175. The number of rotatable bonds is 7. The van der Waals surface area contributed by atoms with Gasteiger partial charge in [0.1, 0.15) is 18.1 Å². The fourth-order valence-electron chi connectivity index (χ4n) is 6.45. The van der Waals surface area contributed by atoms with Gasteiger partial charge in [0.05, 0.1) is 23.9 Å². The van der Waals surface area contributed by atoms with Crippen LogP contribution in [0.2, 0.25) is 0 Å². The molecule has 3 rings (SSSR count). The third kappa shape index (κ3) is 10.1. The fraction of sp³-hybridized carbons (Fsp3) is 0.909. The van der Waals surface area contributed by atoms with E-state index < -0.39 is 53.5 Å². The quantitative estimate of drug-likeness (QED) is 0.329. The number of esters is 1. The monoisotopic (exact) mass is 625 g/mol. The van der Waals surface area contributed by atoms with E-state index >= 15 is 0 Å². The van der Waals surface area contributed by atoms with Crippen LogP contribution in [0.3, 0.4) is 0 Å². The van der Waals surface area contributed by atoms with E-state index in [0.717, 1.165) is 19.3 Å². The first-order valence-electron chi connectivity index (χ1n) is 16.4. The second-order valence-electron chi connectivity index (χ2n) is 14.9. The van der Waals surface area contributed by atoms with Crippen molar-refractivity contribution in [3.8, 4) is 0 Å². The maximum absolute atomic E-state index is 13.9. The third-order valence-electron chi connectivity index (χ3n) is 9.20. The first-order chi connectivity index (χ1) is 20.4. The number of carbonyl (C=O) groups excluding carboxylic acids is 3. The zero-order valence-electron chi connectivity index (χ0n) is 29.0. The van der Waals surface area contributed by atoms with Crippen molar-refractivity contribution >= 4 is 17.8 Å². The summed E-state index contributed by atoms with van der Waals surface area (Å²) < 4.78 is 30.8. The first kappa shape index (κ1) is 36.7. The normalized spacial score (nSPS) is 36.7. The molecule has 0 aromatic heterocycles. The van der Waals surface area contributed by atoms with E-state index in [9.17, 15) is 14.4 Å². The van der Waals surface area contributed by atoms with E-state index in [0.29, 0.717) is 32.0 Å². The highest BCUT2D eigenvalue weighted by Gasteiger charge is 2.47. The van der Waals surface area contributed by atoms with Crippen molar-refractivity contribution in [2.24, 2.45) is 17.8 Å². The Hall–Kier alpha value is -1.79. The molecule has 0 aromatic rings. The molecule has 11 heteroatoms. The third-order valence-corrected chi connectivity index (χ3v) is 9.20. The summed E-state index contributed by atoms with van der Waals surface area (Å²) in [5, 5.41) is 3.48. The lowest BCUT2D eigenvalue weighted by atomic mass is 9.78. The number of hydrogen-bond donors (Lipinski definition) is 1. The zero-order chi connectivity index (χ0) is 33.0. The number of nitrogens with one attached hydrogen (secondary N) is 1. The Bertz CT molecular complexity index is 983. The number of carbonyl (C=O) groups is 3. The average Bonchev–Trinajstić information content (AvgIpc) is 3.76. The molecule has 9 atom stereocenters. The summed E-state index contributed by atoms with van der Waals surface area (Å²) in [5.41, 5.74) is -1.64. The smallest absolute Gasteiger partial charge is 0.410 e. The van der Waals surface area contributed by atoms with Gasteiger partial charge in [0.2, 0.25) is 0 Å². The summed E-state index contributed by atoms with van der Waals surface area (Å²) in [6.45, 7) is 15.6. The number of methoxy groups -OCH3 is 1. The lowest BCUT2D eigenvalue weighted by Gasteiger charge is -2.45. The van der Waals surface area contributed by atoms with Crippen LogP contribution in [-0.4, -0.2) is 116 Å². The molecule has 254 valence electrons. The molecule has 1 N–H and O–H groups in total.